The fraction of sp³-hybridized carbons (Fsp3) is 0.917. The van der Waals surface area contributed by atoms with Crippen LogP contribution in [-0.2, 0) is 14.3 Å². The molecule has 6 rings (SSSR count). The van der Waals surface area contributed by atoms with E-state index in [1.54, 1.807) is 0 Å². The van der Waals surface area contributed by atoms with Crippen LogP contribution in [0.4, 0.5) is 0 Å². The number of carbonyl (C=O) groups is 1. The molecule has 5 N–H and O–H groups in total. The fourth-order valence-electron chi connectivity index (χ4n) is 12.2. The summed E-state index contributed by atoms with van der Waals surface area (Å²) in [5.74, 6) is 1.26. The Hall–Kier alpha value is -1.03. The number of hydrogen-bond donors (Lipinski definition) is 5. The quantitative estimate of drug-likeness (QED) is 0.233. The van der Waals surface area contributed by atoms with Crippen molar-refractivity contribution in [2.45, 2.75) is 143 Å². The first kappa shape index (κ1) is 32.9. The molecule has 1 aliphatic heterocycles. The molecule has 1 saturated heterocycles. The van der Waals surface area contributed by atoms with Gasteiger partial charge in [0.1, 0.15) is 24.4 Å². The first-order valence-electron chi connectivity index (χ1n) is 17.4. The number of allylic oxidation sites excluding steroid dienone is 2. The smallest absolute Gasteiger partial charge is 0.315 e. The lowest BCUT2D eigenvalue weighted by Crippen LogP contribution is -2.66. The van der Waals surface area contributed by atoms with Crippen molar-refractivity contribution in [3.63, 3.8) is 0 Å². The highest BCUT2D eigenvalue weighted by Crippen LogP contribution is 2.75. The zero-order valence-electron chi connectivity index (χ0n) is 28.0. The van der Waals surface area contributed by atoms with Gasteiger partial charge < -0.3 is 35.0 Å². The maximum absolute atomic E-state index is 14.4. The average Bonchev–Trinajstić information content (AvgIpc) is 2.97. The van der Waals surface area contributed by atoms with E-state index in [-0.39, 0.29) is 39.6 Å². The molecule has 0 aromatic carbocycles. The van der Waals surface area contributed by atoms with Crippen LogP contribution in [0.15, 0.2) is 11.6 Å². The third-order valence-corrected chi connectivity index (χ3v) is 15.4. The summed E-state index contributed by atoms with van der Waals surface area (Å²) in [7, 11) is 0. The number of esters is 1. The highest BCUT2D eigenvalue weighted by atomic mass is 16.7. The normalized spacial score (nSPS) is 55.0. The summed E-state index contributed by atoms with van der Waals surface area (Å²) in [6, 6.07) is 0. The Labute approximate surface area is 263 Å². The van der Waals surface area contributed by atoms with E-state index in [0.717, 1.165) is 44.9 Å². The highest BCUT2D eigenvalue weighted by Gasteiger charge is 2.70. The van der Waals surface area contributed by atoms with Gasteiger partial charge >= 0.3 is 5.97 Å². The minimum atomic E-state index is -1.61. The SMILES string of the molecule is C[C@H]1[C@H](C)CC[C@]2(C(=O)OC3O[C@H](CO)[C@@H](O)[C@H](O)[C@H]3O)CC[C@]3(C)C(=CC[C@@H]4[C@@]5(C)CC[C@H](O)C(C)(C)[C@@H]5CC[C@]43C)[C@H]12. The molecular weight excluding hydrogens is 560 g/mol. The van der Waals surface area contributed by atoms with Crippen molar-refractivity contribution in [1.29, 1.82) is 0 Å². The maximum Gasteiger partial charge on any atom is 0.315 e. The van der Waals surface area contributed by atoms with Gasteiger partial charge in [0, 0.05) is 0 Å². The van der Waals surface area contributed by atoms with Crippen LogP contribution in [0.5, 0.6) is 0 Å². The van der Waals surface area contributed by atoms with Crippen LogP contribution in [0.25, 0.3) is 0 Å². The van der Waals surface area contributed by atoms with Crippen LogP contribution in [-0.4, -0.2) is 74.9 Å². The summed E-state index contributed by atoms with van der Waals surface area (Å²) in [6.07, 6.45) is 3.22. The predicted molar refractivity (Wildman–Crippen MR) is 165 cm³/mol. The van der Waals surface area contributed by atoms with Crippen molar-refractivity contribution in [3.05, 3.63) is 11.6 Å². The topological polar surface area (TPSA) is 137 Å². The monoisotopic (exact) mass is 618 g/mol. The Bertz CT molecular complexity index is 1170. The van der Waals surface area contributed by atoms with E-state index in [2.05, 4.69) is 54.5 Å². The largest absolute Gasteiger partial charge is 0.432 e. The number of rotatable bonds is 3. The molecule has 250 valence electrons. The molecule has 1 unspecified atom stereocenters. The van der Waals surface area contributed by atoms with Gasteiger partial charge in [-0.15, -0.1) is 0 Å². The van der Waals surface area contributed by atoms with Crippen LogP contribution in [0.2, 0.25) is 0 Å². The Balaban J connectivity index is 1.36. The molecule has 5 aliphatic carbocycles. The molecule has 6 aliphatic rings. The molecule has 44 heavy (non-hydrogen) atoms. The third-order valence-electron chi connectivity index (χ3n) is 15.4. The van der Waals surface area contributed by atoms with E-state index in [9.17, 15) is 30.3 Å². The second-order valence-corrected chi connectivity index (χ2v) is 17.3. The Morgan fingerprint density at radius 1 is 0.886 bits per heavy atom. The van der Waals surface area contributed by atoms with Gasteiger partial charge in [-0.25, -0.2) is 0 Å². The molecule has 0 bridgehead atoms. The van der Waals surface area contributed by atoms with Gasteiger partial charge in [-0.1, -0.05) is 60.1 Å². The molecule has 8 nitrogen and oxygen atoms in total. The van der Waals surface area contributed by atoms with E-state index < -0.39 is 48.7 Å². The standard InChI is InChI=1S/C36H58O8/c1-19-10-15-36(31(42)44-30-29(41)28(40)27(39)22(18-37)43-30)17-16-34(6)21(26(36)20(19)2)8-9-24-33(5)13-12-25(38)32(3,4)23(33)11-14-35(24,34)7/h8,19-20,22-30,37-41H,9-18H2,1-7H3/t19-,20+,22-,23+,24-,25+,26+,27-,28+,29-,30?,33+,34-,35-,36+/m1/s1. The summed E-state index contributed by atoms with van der Waals surface area (Å²) in [5.41, 5.74) is 0.661. The Morgan fingerprint density at radius 3 is 2.27 bits per heavy atom. The lowest BCUT2D eigenvalue weighted by molar-refractivity contribution is -0.297. The number of carbonyl (C=O) groups excluding carboxylic acids is 1. The van der Waals surface area contributed by atoms with E-state index in [4.69, 9.17) is 9.47 Å². The first-order valence-corrected chi connectivity index (χ1v) is 17.4. The predicted octanol–water partition coefficient (Wildman–Crippen LogP) is 4.35. The van der Waals surface area contributed by atoms with Crippen LogP contribution in [0.3, 0.4) is 0 Å². The number of ether oxygens (including phenoxy) is 2. The zero-order valence-corrected chi connectivity index (χ0v) is 28.0. The molecule has 0 amide bonds. The zero-order chi connectivity index (χ0) is 32.2. The molecule has 8 heteroatoms. The van der Waals surface area contributed by atoms with Crippen molar-refractivity contribution >= 4 is 5.97 Å². The molecule has 5 fully saturated rings. The van der Waals surface area contributed by atoms with Crippen LogP contribution in [0, 0.1) is 56.7 Å². The summed E-state index contributed by atoms with van der Waals surface area (Å²) in [5, 5.41) is 52.0. The number of aliphatic hydroxyl groups excluding tert-OH is 5. The number of fused-ring (bicyclic) bond motifs is 7. The molecular formula is C36H58O8. The van der Waals surface area contributed by atoms with Gasteiger partial charge in [0.2, 0.25) is 6.29 Å². The van der Waals surface area contributed by atoms with Crippen LogP contribution < -0.4 is 0 Å². The lowest BCUT2D eigenvalue weighted by atomic mass is 9.33. The Morgan fingerprint density at radius 2 is 1.59 bits per heavy atom. The van der Waals surface area contributed by atoms with Gasteiger partial charge in [-0.3, -0.25) is 4.79 Å². The minimum absolute atomic E-state index is 0.00434. The lowest BCUT2D eigenvalue weighted by Gasteiger charge is -2.71. The van der Waals surface area contributed by atoms with Crippen molar-refractivity contribution < 1.29 is 39.8 Å². The van der Waals surface area contributed by atoms with Crippen molar-refractivity contribution in [3.8, 4) is 0 Å². The van der Waals surface area contributed by atoms with E-state index in [1.165, 1.54) is 5.57 Å². The number of hydrogen-bond acceptors (Lipinski definition) is 8. The third kappa shape index (κ3) is 4.26. The van der Waals surface area contributed by atoms with Gasteiger partial charge in [-0.05, 0) is 109 Å². The average molecular weight is 619 g/mol. The molecule has 0 aromatic heterocycles. The van der Waals surface area contributed by atoms with Crippen molar-refractivity contribution in [2.24, 2.45) is 56.7 Å². The van der Waals surface area contributed by atoms with Gasteiger partial charge in [0.15, 0.2) is 0 Å². The van der Waals surface area contributed by atoms with Gasteiger partial charge in [0.25, 0.3) is 0 Å². The van der Waals surface area contributed by atoms with Gasteiger partial charge in [-0.2, -0.15) is 0 Å². The molecule has 1 heterocycles. The molecule has 4 saturated carbocycles. The van der Waals surface area contributed by atoms with Crippen molar-refractivity contribution in [2.75, 3.05) is 6.61 Å². The van der Waals surface area contributed by atoms with Crippen LogP contribution >= 0.6 is 0 Å². The highest BCUT2D eigenvalue weighted by molar-refractivity contribution is 5.79. The summed E-state index contributed by atoms with van der Waals surface area (Å²) >= 11 is 0. The van der Waals surface area contributed by atoms with E-state index in [0.29, 0.717) is 30.6 Å². The number of aliphatic hydroxyl groups is 5. The van der Waals surface area contributed by atoms with E-state index in [1.807, 2.05) is 0 Å². The van der Waals surface area contributed by atoms with Crippen molar-refractivity contribution in [1.82, 2.24) is 0 Å². The second-order valence-electron chi connectivity index (χ2n) is 17.3. The molecule has 0 aromatic rings. The van der Waals surface area contributed by atoms with Gasteiger partial charge in [0.05, 0.1) is 18.1 Å². The molecule has 0 radical (unpaired) electrons. The summed E-state index contributed by atoms with van der Waals surface area (Å²) < 4.78 is 11.6. The molecule has 15 atom stereocenters. The summed E-state index contributed by atoms with van der Waals surface area (Å²) in [4.78, 5) is 14.4. The fourth-order valence-corrected chi connectivity index (χ4v) is 12.2. The Kier molecular flexibility index (Phi) is 8.03. The first-order chi connectivity index (χ1) is 20.5. The minimum Gasteiger partial charge on any atom is -0.432 e. The summed E-state index contributed by atoms with van der Waals surface area (Å²) in [6.45, 7) is 16.1. The van der Waals surface area contributed by atoms with Crippen LogP contribution in [0.1, 0.15) is 106 Å². The van der Waals surface area contributed by atoms with E-state index >= 15 is 0 Å². The maximum atomic E-state index is 14.4. The molecule has 0 spiro atoms. The second kappa shape index (κ2) is 10.7.